The van der Waals surface area contributed by atoms with Crippen LogP contribution >= 0.6 is 0 Å². The number of unbranched alkanes of at least 4 members (excludes halogenated alkanes) is 2. The third-order valence-electron chi connectivity index (χ3n) is 4.55. The van der Waals surface area contributed by atoms with E-state index in [9.17, 15) is 0 Å². The molecule has 0 spiro atoms. The molecule has 0 N–H and O–H groups in total. The van der Waals surface area contributed by atoms with Gasteiger partial charge in [0.2, 0.25) is 0 Å². The molecule has 2 rings (SSSR count). The fourth-order valence-corrected chi connectivity index (χ4v) is 2.41. The van der Waals surface area contributed by atoms with Crippen LogP contribution in [0.15, 0.2) is 0 Å². The third kappa shape index (κ3) is 3.48. The van der Waals surface area contributed by atoms with Gasteiger partial charge in [-0.05, 0) is 39.9 Å². The Morgan fingerprint density at radius 3 is 2.06 bits per heavy atom. The average Bonchev–Trinajstić information content (AvgIpc) is 2.95. The van der Waals surface area contributed by atoms with Crippen LogP contribution in [0.4, 0.5) is 0 Å². The Balaban J connectivity index is 1.60. The molecule has 1 saturated heterocycles. The molecule has 0 amide bonds. The van der Waals surface area contributed by atoms with Crippen molar-refractivity contribution in [2.24, 2.45) is 5.92 Å². The summed E-state index contributed by atoms with van der Waals surface area (Å²) in [6, 6.07) is 0. The monoisotopic (exact) mass is 238 g/mol. The largest absolute Gasteiger partial charge is 0.457 e. The van der Waals surface area contributed by atoms with E-state index < -0.39 is 0 Å². The molecule has 98 valence electrons. The molecule has 1 aliphatic carbocycles. The average molecular weight is 238 g/mol. The van der Waals surface area contributed by atoms with E-state index in [0.29, 0.717) is 0 Å². The SMILES string of the molecule is CC1(C)OB(CCCCCC2CC2)OC1(C)C. The maximum atomic E-state index is 5.98. The Morgan fingerprint density at radius 2 is 1.53 bits per heavy atom. The topological polar surface area (TPSA) is 18.5 Å². The van der Waals surface area contributed by atoms with Crippen LogP contribution in [0.1, 0.15) is 66.2 Å². The van der Waals surface area contributed by atoms with Gasteiger partial charge in [-0.2, -0.15) is 0 Å². The van der Waals surface area contributed by atoms with Crippen LogP contribution in [0.25, 0.3) is 0 Å². The number of rotatable bonds is 6. The number of hydrogen-bond donors (Lipinski definition) is 0. The van der Waals surface area contributed by atoms with Gasteiger partial charge >= 0.3 is 7.12 Å². The molecule has 2 nitrogen and oxygen atoms in total. The summed E-state index contributed by atoms with van der Waals surface area (Å²) in [5.41, 5.74) is -0.322. The molecule has 0 bridgehead atoms. The van der Waals surface area contributed by atoms with Gasteiger partial charge in [-0.15, -0.1) is 0 Å². The fraction of sp³-hybridized carbons (Fsp3) is 1.00. The summed E-state index contributed by atoms with van der Waals surface area (Å²) in [6.45, 7) is 8.50. The highest BCUT2D eigenvalue weighted by Gasteiger charge is 2.50. The van der Waals surface area contributed by atoms with Gasteiger partial charge in [0, 0.05) is 0 Å². The first kappa shape index (κ1) is 13.4. The maximum absolute atomic E-state index is 5.98. The summed E-state index contributed by atoms with van der Waals surface area (Å²) in [5.74, 6) is 1.08. The zero-order chi connectivity index (χ0) is 12.5. The molecule has 1 aliphatic heterocycles. The van der Waals surface area contributed by atoms with Crippen LogP contribution in [-0.2, 0) is 9.31 Å². The highest BCUT2D eigenvalue weighted by atomic mass is 16.7. The van der Waals surface area contributed by atoms with E-state index in [0.717, 1.165) is 12.2 Å². The van der Waals surface area contributed by atoms with Crippen LogP contribution in [0.2, 0.25) is 6.32 Å². The molecule has 0 aromatic carbocycles. The fourth-order valence-electron chi connectivity index (χ4n) is 2.41. The second kappa shape index (κ2) is 4.93. The minimum Gasteiger partial charge on any atom is -0.403 e. The second-order valence-corrected chi connectivity index (χ2v) is 6.77. The summed E-state index contributed by atoms with van der Waals surface area (Å²) in [5, 5.41) is 0. The predicted octanol–water partition coefficient (Wildman–Crippen LogP) is 4.05. The molecule has 0 atom stereocenters. The first-order valence-electron chi connectivity index (χ1n) is 7.26. The van der Waals surface area contributed by atoms with Crippen LogP contribution < -0.4 is 0 Å². The van der Waals surface area contributed by atoms with Crippen molar-refractivity contribution < 1.29 is 9.31 Å². The minimum absolute atomic E-state index is 0.0147. The van der Waals surface area contributed by atoms with E-state index in [4.69, 9.17) is 9.31 Å². The Kier molecular flexibility index (Phi) is 3.89. The maximum Gasteiger partial charge on any atom is 0.457 e. The van der Waals surface area contributed by atoms with E-state index >= 15 is 0 Å². The van der Waals surface area contributed by atoms with Gasteiger partial charge in [0.25, 0.3) is 0 Å². The van der Waals surface area contributed by atoms with Crippen LogP contribution in [0, 0.1) is 5.92 Å². The van der Waals surface area contributed by atoms with Crippen molar-refractivity contribution in [1.29, 1.82) is 0 Å². The lowest BCUT2D eigenvalue weighted by Crippen LogP contribution is -2.41. The molecule has 0 unspecified atom stereocenters. The van der Waals surface area contributed by atoms with Crippen LogP contribution in [0.3, 0.4) is 0 Å². The number of hydrogen-bond acceptors (Lipinski definition) is 2. The predicted molar refractivity (Wildman–Crippen MR) is 72.1 cm³/mol. The van der Waals surface area contributed by atoms with Crippen molar-refractivity contribution >= 4 is 7.12 Å². The van der Waals surface area contributed by atoms with E-state index in [1.54, 1.807) is 0 Å². The molecule has 17 heavy (non-hydrogen) atoms. The second-order valence-electron chi connectivity index (χ2n) is 6.77. The summed E-state index contributed by atoms with van der Waals surface area (Å²) >= 11 is 0. The van der Waals surface area contributed by atoms with Gasteiger partial charge in [-0.3, -0.25) is 0 Å². The Labute approximate surface area is 107 Å². The normalized spacial score (nSPS) is 26.5. The highest BCUT2D eigenvalue weighted by Crippen LogP contribution is 2.38. The summed E-state index contributed by atoms with van der Waals surface area (Å²) in [6.07, 6.45) is 9.43. The lowest BCUT2D eigenvalue weighted by Gasteiger charge is -2.32. The standard InChI is InChI=1S/C14H27BO2/c1-13(2)14(3,4)17-15(16-13)11-7-5-6-8-12-9-10-12/h12H,5-11H2,1-4H3. The van der Waals surface area contributed by atoms with Gasteiger partial charge in [0.05, 0.1) is 11.2 Å². The minimum atomic E-state index is -0.161. The Morgan fingerprint density at radius 1 is 0.941 bits per heavy atom. The molecule has 0 aromatic rings. The Bertz CT molecular complexity index is 243. The molecular weight excluding hydrogens is 211 g/mol. The smallest absolute Gasteiger partial charge is 0.403 e. The summed E-state index contributed by atoms with van der Waals surface area (Å²) in [4.78, 5) is 0. The summed E-state index contributed by atoms with van der Waals surface area (Å²) < 4.78 is 12.0. The van der Waals surface area contributed by atoms with Gasteiger partial charge in [-0.1, -0.05) is 38.5 Å². The lowest BCUT2D eigenvalue weighted by atomic mass is 9.82. The van der Waals surface area contributed by atoms with Crippen molar-refractivity contribution in [3.05, 3.63) is 0 Å². The van der Waals surface area contributed by atoms with E-state index in [-0.39, 0.29) is 18.3 Å². The van der Waals surface area contributed by atoms with Gasteiger partial charge < -0.3 is 9.31 Å². The quantitative estimate of drug-likeness (QED) is 0.513. The lowest BCUT2D eigenvalue weighted by molar-refractivity contribution is 0.00578. The zero-order valence-corrected chi connectivity index (χ0v) is 11.9. The first-order chi connectivity index (χ1) is 7.91. The van der Waals surface area contributed by atoms with E-state index in [2.05, 4.69) is 27.7 Å². The van der Waals surface area contributed by atoms with Crippen molar-refractivity contribution in [3.8, 4) is 0 Å². The van der Waals surface area contributed by atoms with Crippen molar-refractivity contribution in [2.75, 3.05) is 0 Å². The highest BCUT2D eigenvalue weighted by molar-refractivity contribution is 6.45. The molecule has 2 aliphatic rings. The molecule has 0 radical (unpaired) electrons. The molecule has 3 heteroatoms. The third-order valence-corrected chi connectivity index (χ3v) is 4.55. The molecule has 0 aromatic heterocycles. The Hall–Kier alpha value is -0.0151. The zero-order valence-electron chi connectivity index (χ0n) is 11.9. The molecule has 2 fully saturated rings. The first-order valence-corrected chi connectivity index (χ1v) is 7.26. The molecular formula is C14H27BO2. The van der Waals surface area contributed by atoms with Crippen LogP contribution in [-0.4, -0.2) is 18.3 Å². The van der Waals surface area contributed by atoms with Gasteiger partial charge in [0.1, 0.15) is 0 Å². The molecule has 1 heterocycles. The van der Waals surface area contributed by atoms with Crippen molar-refractivity contribution in [1.82, 2.24) is 0 Å². The van der Waals surface area contributed by atoms with Gasteiger partial charge in [-0.25, -0.2) is 0 Å². The van der Waals surface area contributed by atoms with Gasteiger partial charge in [0.15, 0.2) is 0 Å². The van der Waals surface area contributed by atoms with Crippen molar-refractivity contribution in [3.63, 3.8) is 0 Å². The van der Waals surface area contributed by atoms with E-state index in [1.807, 2.05) is 0 Å². The summed E-state index contributed by atoms with van der Waals surface area (Å²) in [7, 11) is 0.0147. The van der Waals surface area contributed by atoms with Crippen molar-refractivity contribution in [2.45, 2.75) is 83.7 Å². The van der Waals surface area contributed by atoms with Crippen LogP contribution in [0.5, 0.6) is 0 Å². The van der Waals surface area contributed by atoms with E-state index in [1.165, 1.54) is 38.5 Å². The molecule has 1 saturated carbocycles.